The number of hydrogen-bond donors (Lipinski definition) is 2. The summed E-state index contributed by atoms with van der Waals surface area (Å²) in [5.74, 6) is 0. The zero-order chi connectivity index (χ0) is 12.3. The molecule has 2 atom stereocenters. The van der Waals surface area contributed by atoms with Crippen molar-refractivity contribution in [2.45, 2.75) is 44.8 Å². The van der Waals surface area contributed by atoms with Gasteiger partial charge in [0.15, 0.2) is 0 Å². The Labute approximate surface area is 108 Å². The molecule has 1 saturated heterocycles. The Morgan fingerprint density at radius 3 is 2.94 bits per heavy atom. The largest absolute Gasteiger partial charge is 0.391 e. The first kappa shape index (κ1) is 12.9. The SMILES string of the molecule is Cc1ccc(CC(O)C2CCCCN2)c(Cl)c1. The lowest BCUT2D eigenvalue weighted by Crippen LogP contribution is -2.44. The van der Waals surface area contributed by atoms with Crippen LogP contribution in [0.1, 0.15) is 30.4 Å². The van der Waals surface area contributed by atoms with Crippen molar-refractivity contribution in [3.63, 3.8) is 0 Å². The van der Waals surface area contributed by atoms with Crippen molar-refractivity contribution < 1.29 is 5.11 Å². The van der Waals surface area contributed by atoms with Gasteiger partial charge >= 0.3 is 0 Å². The lowest BCUT2D eigenvalue weighted by molar-refractivity contribution is 0.113. The van der Waals surface area contributed by atoms with Gasteiger partial charge in [-0.05, 0) is 43.5 Å². The van der Waals surface area contributed by atoms with E-state index in [4.69, 9.17) is 11.6 Å². The van der Waals surface area contributed by atoms with Crippen LogP contribution < -0.4 is 5.32 Å². The first-order chi connectivity index (χ1) is 8.16. The van der Waals surface area contributed by atoms with Crippen LogP contribution in [0.15, 0.2) is 18.2 Å². The molecule has 94 valence electrons. The molecule has 2 rings (SSSR count). The molecular formula is C14H20ClNO. The predicted molar refractivity (Wildman–Crippen MR) is 71.5 cm³/mol. The van der Waals surface area contributed by atoms with Gasteiger partial charge < -0.3 is 10.4 Å². The number of aliphatic hydroxyl groups is 1. The average Bonchev–Trinajstić information content (AvgIpc) is 2.34. The fraction of sp³-hybridized carbons (Fsp3) is 0.571. The van der Waals surface area contributed by atoms with Gasteiger partial charge in [0.1, 0.15) is 0 Å². The summed E-state index contributed by atoms with van der Waals surface area (Å²) < 4.78 is 0. The molecule has 17 heavy (non-hydrogen) atoms. The molecular weight excluding hydrogens is 234 g/mol. The Bertz CT molecular complexity index is 374. The summed E-state index contributed by atoms with van der Waals surface area (Å²) in [7, 11) is 0. The summed E-state index contributed by atoms with van der Waals surface area (Å²) in [6.45, 7) is 3.04. The molecule has 0 spiro atoms. The van der Waals surface area contributed by atoms with Crippen molar-refractivity contribution in [3.05, 3.63) is 34.3 Å². The number of aliphatic hydroxyl groups excluding tert-OH is 1. The zero-order valence-corrected chi connectivity index (χ0v) is 11.0. The Balaban J connectivity index is 1.99. The van der Waals surface area contributed by atoms with Crippen LogP contribution >= 0.6 is 11.6 Å². The summed E-state index contributed by atoms with van der Waals surface area (Å²) in [4.78, 5) is 0. The summed E-state index contributed by atoms with van der Waals surface area (Å²) in [5.41, 5.74) is 2.20. The normalized spacial score (nSPS) is 22.4. The number of benzene rings is 1. The molecule has 1 aromatic carbocycles. The van der Waals surface area contributed by atoms with Crippen LogP contribution in [0.3, 0.4) is 0 Å². The van der Waals surface area contributed by atoms with Crippen LogP contribution in [-0.4, -0.2) is 23.8 Å². The molecule has 0 aromatic heterocycles. The highest BCUT2D eigenvalue weighted by Crippen LogP contribution is 2.21. The topological polar surface area (TPSA) is 32.3 Å². The minimum absolute atomic E-state index is 0.223. The first-order valence-electron chi connectivity index (χ1n) is 6.33. The predicted octanol–water partition coefficient (Wildman–Crippen LogP) is 2.69. The molecule has 1 aliphatic rings. The van der Waals surface area contributed by atoms with Crippen molar-refractivity contribution in [1.82, 2.24) is 5.32 Å². The average molecular weight is 254 g/mol. The van der Waals surface area contributed by atoms with Gasteiger partial charge in [-0.25, -0.2) is 0 Å². The monoisotopic (exact) mass is 253 g/mol. The van der Waals surface area contributed by atoms with E-state index in [0.717, 1.165) is 29.1 Å². The van der Waals surface area contributed by atoms with E-state index in [0.29, 0.717) is 6.42 Å². The van der Waals surface area contributed by atoms with E-state index in [9.17, 15) is 5.11 Å². The van der Waals surface area contributed by atoms with Crippen LogP contribution in [0, 0.1) is 6.92 Å². The fourth-order valence-corrected chi connectivity index (χ4v) is 2.70. The zero-order valence-electron chi connectivity index (χ0n) is 10.2. The molecule has 1 heterocycles. The second-order valence-electron chi connectivity index (χ2n) is 4.92. The van der Waals surface area contributed by atoms with Crippen LogP contribution in [0.4, 0.5) is 0 Å². The van der Waals surface area contributed by atoms with Crippen molar-refractivity contribution >= 4 is 11.6 Å². The summed E-state index contributed by atoms with van der Waals surface area (Å²) >= 11 is 6.18. The van der Waals surface area contributed by atoms with E-state index < -0.39 is 0 Å². The van der Waals surface area contributed by atoms with Crippen LogP contribution in [0.5, 0.6) is 0 Å². The molecule has 3 heteroatoms. The highest BCUT2D eigenvalue weighted by atomic mass is 35.5. The summed E-state index contributed by atoms with van der Waals surface area (Å²) in [6, 6.07) is 6.24. The fourth-order valence-electron chi connectivity index (χ4n) is 2.39. The molecule has 1 fully saturated rings. The standard InChI is InChI=1S/C14H20ClNO/c1-10-5-6-11(12(15)8-10)9-14(17)13-4-2-3-7-16-13/h5-6,8,13-14,16-17H,2-4,7,9H2,1H3. The van der Waals surface area contributed by atoms with Crippen molar-refractivity contribution in [1.29, 1.82) is 0 Å². The maximum Gasteiger partial charge on any atom is 0.0733 e. The van der Waals surface area contributed by atoms with Gasteiger partial charge in [0.2, 0.25) is 0 Å². The molecule has 0 bridgehead atoms. The van der Waals surface area contributed by atoms with Crippen molar-refractivity contribution in [3.8, 4) is 0 Å². The third kappa shape index (κ3) is 3.44. The van der Waals surface area contributed by atoms with E-state index >= 15 is 0 Å². The minimum atomic E-state index is -0.337. The highest BCUT2D eigenvalue weighted by molar-refractivity contribution is 6.31. The van der Waals surface area contributed by atoms with E-state index in [1.54, 1.807) is 0 Å². The van der Waals surface area contributed by atoms with E-state index in [1.807, 2.05) is 25.1 Å². The smallest absolute Gasteiger partial charge is 0.0733 e. The summed E-state index contributed by atoms with van der Waals surface area (Å²) in [5, 5.41) is 14.3. The van der Waals surface area contributed by atoms with E-state index in [-0.39, 0.29) is 12.1 Å². The van der Waals surface area contributed by atoms with Crippen molar-refractivity contribution in [2.24, 2.45) is 0 Å². The van der Waals surface area contributed by atoms with E-state index in [2.05, 4.69) is 5.32 Å². The van der Waals surface area contributed by atoms with E-state index in [1.165, 1.54) is 12.8 Å². The highest BCUT2D eigenvalue weighted by Gasteiger charge is 2.21. The lowest BCUT2D eigenvalue weighted by Gasteiger charge is -2.28. The first-order valence-corrected chi connectivity index (χ1v) is 6.71. The van der Waals surface area contributed by atoms with Gasteiger partial charge in [-0.2, -0.15) is 0 Å². The van der Waals surface area contributed by atoms with Gasteiger partial charge in [-0.1, -0.05) is 30.2 Å². The molecule has 1 aliphatic heterocycles. The van der Waals surface area contributed by atoms with Crippen LogP contribution in [-0.2, 0) is 6.42 Å². The molecule has 1 aromatic rings. The number of rotatable bonds is 3. The molecule has 0 radical (unpaired) electrons. The molecule has 0 saturated carbocycles. The number of nitrogens with one attached hydrogen (secondary N) is 1. The van der Waals surface area contributed by atoms with Gasteiger partial charge in [-0.3, -0.25) is 0 Å². The molecule has 0 amide bonds. The third-order valence-electron chi connectivity index (χ3n) is 3.45. The maximum atomic E-state index is 10.2. The summed E-state index contributed by atoms with van der Waals surface area (Å²) in [6.07, 6.45) is 3.78. The molecule has 2 nitrogen and oxygen atoms in total. The van der Waals surface area contributed by atoms with Crippen molar-refractivity contribution in [2.75, 3.05) is 6.54 Å². The second kappa shape index (κ2) is 5.85. The second-order valence-corrected chi connectivity index (χ2v) is 5.33. The Hall–Kier alpha value is -0.570. The number of hydrogen-bond acceptors (Lipinski definition) is 2. The third-order valence-corrected chi connectivity index (χ3v) is 3.80. The Morgan fingerprint density at radius 1 is 1.47 bits per heavy atom. The Kier molecular flexibility index (Phi) is 4.43. The van der Waals surface area contributed by atoms with Crippen LogP contribution in [0.25, 0.3) is 0 Å². The Morgan fingerprint density at radius 2 is 2.29 bits per heavy atom. The molecule has 0 aliphatic carbocycles. The maximum absolute atomic E-state index is 10.2. The van der Waals surface area contributed by atoms with Gasteiger partial charge in [0, 0.05) is 17.5 Å². The van der Waals surface area contributed by atoms with Crippen LogP contribution in [0.2, 0.25) is 5.02 Å². The van der Waals surface area contributed by atoms with Gasteiger partial charge in [0.05, 0.1) is 6.10 Å². The van der Waals surface area contributed by atoms with Gasteiger partial charge in [-0.15, -0.1) is 0 Å². The molecule has 2 unspecified atom stereocenters. The number of piperidine rings is 1. The molecule has 2 N–H and O–H groups in total. The number of aryl methyl sites for hydroxylation is 1. The lowest BCUT2D eigenvalue weighted by atomic mass is 9.95. The number of halogens is 1. The quantitative estimate of drug-likeness (QED) is 0.868. The minimum Gasteiger partial charge on any atom is -0.391 e. The van der Waals surface area contributed by atoms with Gasteiger partial charge in [0.25, 0.3) is 0 Å².